The molecule has 1 aromatic heterocycles. The van der Waals surface area contributed by atoms with Crippen LogP contribution in [0.25, 0.3) is 0 Å². The van der Waals surface area contributed by atoms with E-state index in [1.165, 1.54) is 24.1 Å². The highest BCUT2D eigenvalue weighted by Crippen LogP contribution is 2.29. The van der Waals surface area contributed by atoms with Gasteiger partial charge in [-0.25, -0.2) is 14.6 Å². The molecule has 0 bridgehead atoms. The highest BCUT2D eigenvalue weighted by atomic mass is 19.4. The molecule has 1 fully saturated rings. The summed E-state index contributed by atoms with van der Waals surface area (Å²) < 4.78 is 44.3. The summed E-state index contributed by atoms with van der Waals surface area (Å²) in [6.07, 6.45) is -4.63. The fraction of sp³-hybridized carbons (Fsp3) is 0.409. The Morgan fingerprint density at radius 2 is 1.72 bits per heavy atom. The van der Waals surface area contributed by atoms with Crippen LogP contribution in [0.5, 0.6) is 0 Å². The van der Waals surface area contributed by atoms with Gasteiger partial charge in [0.2, 0.25) is 0 Å². The van der Waals surface area contributed by atoms with Crippen molar-refractivity contribution in [2.75, 3.05) is 44.7 Å². The maximum Gasteiger partial charge on any atom is 0.433 e. The highest BCUT2D eigenvalue weighted by Gasteiger charge is 2.34. The smallest absolute Gasteiger partial charge is 0.433 e. The average molecular weight is 450 g/mol. The molecule has 2 heterocycles. The van der Waals surface area contributed by atoms with Crippen LogP contribution in [0.1, 0.15) is 28.5 Å². The number of ether oxygens (including phenoxy) is 1. The van der Waals surface area contributed by atoms with Crippen LogP contribution in [0, 0.1) is 0 Å². The second-order valence-electron chi connectivity index (χ2n) is 7.36. The van der Waals surface area contributed by atoms with Gasteiger partial charge in [-0.3, -0.25) is 4.90 Å². The summed E-state index contributed by atoms with van der Waals surface area (Å²) in [5.41, 5.74) is -0.0935. The number of aromatic nitrogens is 1. The molecule has 0 radical (unpaired) electrons. The first-order valence-corrected chi connectivity index (χ1v) is 10.2. The van der Waals surface area contributed by atoms with E-state index in [9.17, 15) is 22.8 Å². The Labute approximate surface area is 184 Å². The summed E-state index contributed by atoms with van der Waals surface area (Å²) in [5, 5.41) is 0. The van der Waals surface area contributed by atoms with Crippen LogP contribution < -0.4 is 4.90 Å². The number of anilines is 1. The lowest BCUT2D eigenvalue weighted by molar-refractivity contribution is -0.141. The molecule has 0 atom stereocenters. The molecule has 1 aliphatic heterocycles. The second kappa shape index (κ2) is 9.99. The average Bonchev–Trinajstić information content (AvgIpc) is 2.81. The number of pyridine rings is 1. The van der Waals surface area contributed by atoms with E-state index in [0.717, 1.165) is 12.6 Å². The number of alkyl halides is 3. The predicted octanol–water partition coefficient (Wildman–Crippen LogP) is 3.65. The van der Waals surface area contributed by atoms with E-state index >= 15 is 0 Å². The largest absolute Gasteiger partial charge is 0.465 e. The Kier molecular flexibility index (Phi) is 7.34. The van der Waals surface area contributed by atoms with Crippen molar-refractivity contribution in [2.24, 2.45) is 0 Å². The molecule has 1 aliphatic rings. The van der Waals surface area contributed by atoms with E-state index in [0.29, 0.717) is 37.3 Å². The summed E-state index contributed by atoms with van der Waals surface area (Å²) in [4.78, 5) is 33.7. The Bertz CT molecular complexity index is 942. The Balaban J connectivity index is 1.89. The van der Waals surface area contributed by atoms with Gasteiger partial charge in [0.25, 0.3) is 0 Å². The lowest BCUT2D eigenvalue weighted by Gasteiger charge is -2.37. The summed E-state index contributed by atoms with van der Waals surface area (Å²) in [6.45, 7) is 5.25. The third-order valence-corrected chi connectivity index (χ3v) is 5.34. The highest BCUT2D eigenvalue weighted by molar-refractivity contribution is 5.91. The number of rotatable bonds is 5. The summed E-state index contributed by atoms with van der Waals surface area (Å²) in [6, 6.07) is 9.44. The van der Waals surface area contributed by atoms with Gasteiger partial charge in [-0.15, -0.1) is 0 Å². The van der Waals surface area contributed by atoms with Crippen molar-refractivity contribution in [1.82, 2.24) is 14.8 Å². The first kappa shape index (κ1) is 23.5. The van der Waals surface area contributed by atoms with E-state index in [2.05, 4.69) is 14.6 Å². The predicted molar refractivity (Wildman–Crippen MR) is 112 cm³/mol. The van der Waals surface area contributed by atoms with Gasteiger partial charge in [-0.1, -0.05) is 25.1 Å². The second-order valence-corrected chi connectivity index (χ2v) is 7.36. The van der Waals surface area contributed by atoms with E-state index < -0.39 is 23.9 Å². The maximum absolute atomic E-state index is 13.3. The number of hydrogen-bond acceptors (Lipinski definition) is 5. The van der Waals surface area contributed by atoms with Crippen LogP contribution in [0.2, 0.25) is 0 Å². The lowest BCUT2D eigenvalue weighted by Crippen LogP contribution is -2.52. The van der Waals surface area contributed by atoms with Crippen LogP contribution in [-0.4, -0.2) is 66.6 Å². The molecule has 172 valence electrons. The molecule has 32 heavy (non-hydrogen) atoms. The standard InChI is InChI=1S/C22H25F3N4O3/c1-3-27-11-13-28(14-12-27)21(31)29(19-6-4-5-18(26-19)22(23,24)25)15-16-7-9-17(10-8-16)20(30)32-2/h4-10H,3,11-15H2,1-2H3. The zero-order valence-corrected chi connectivity index (χ0v) is 17.9. The zero-order chi connectivity index (χ0) is 23.3. The van der Waals surface area contributed by atoms with Crippen molar-refractivity contribution >= 4 is 17.8 Å². The van der Waals surface area contributed by atoms with Crippen LogP contribution in [-0.2, 0) is 17.5 Å². The number of amides is 2. The van der Waals surface area contributed by atoms with Gasteiger partial charge < -0.3 is 14.5 Å². The number of likely N-dealkylation sites (N-methyl/N-ethyl adjacent to an activating group) is 1. The minimum absolute atomic E-state index is 0.00257. The Morgan fingerprint density at radius 3 is 2.28 bits per heavy atom. The fourth-order valence-electron chi connectivity index (χ4n) is 3.45. The van der Waals surface area contributed by atoms with Crippen molar-refractivity contribution in [1.29, 1.82) is 0 Å². The molecular formula is C22H25F3N4O3. The molecule has 1 aromatic carbocycles. The number of carbonyl (C=O) groups excluding carboxylic acids is 2. The molecule has 2 aromatic rings. The number of nitrogens with zero attached hydrogens (tertiary/aromatic N) is 4. The Morgan fingerprint density at radius 1 is 1.06 bits per heavy atom. The van der Waals surface area contributed by atoms with Gasteiger partial charge in [-0.05, 0) is 36.4 Å². The number of carbonyl (C=O) groups is 2. The molecule has 0 spiro atoms. The van der Waals surface area contributed by atoms with E-state index in [1.807, 2.05) is 6.92 Å². The van der Waals surface area contributed by atoms with Gasteiger partial charge in [0.1, 0.15) is 11.5 Å². The van der Waals surface area contributed by atoms with Crippen LogP contribution in [0.15, 0.2) is 42.5 Å². The number of piperazine rings is 1. The number of methoxy groups -OCH3 is 1. The topological polar surface area (TPSA) is 66.0 Å². The summed E-state index contributed by atoms with van der Waals surface area (Å²) in [5.74, 6) is -0.586. The number of esters is 1. The molecule has 3 rings (SSSR count). The normalized spacial score (nSPS) is 14.8. The first-order chi connectivity index (χ1) is 15.2. The van der Waals surface area contributed by atoms with Crippen molar-refractivity contribution in [3.05, 3.63) is 59.3 Å². The number of benzene rings is 1. The zero-order valence-electron chi connectivity index (χ0n) is 17.9. The molecule has 2 amide bonds. The van der Waals surface area contributed by atoms with E-state index in [-0.39, 0.29) is 12.4 Å². The lowest BCUT2D eigenvalue weighted by atomic mass is 10.1. The molecular weight excluding hydrogens is 425 g/mol. The van der Waals surface area contributed by atoms with Crippen molar-refractivity contribution < 1.29 is 27.5 Å². The van der Waals surface area contributed by atoms with Gasteiger partial charge in [-0.2, -0.15) is 13.2 Å². The Hall–Kier alpha value is -3.14. The van der Waals surface area contributed by atoms with Gasteiger partial charge in [0, 0.05) is 26.2 Å². The van der Waals surface area contributed by atoms with Crippen LogP contribution in [0.4, 0.5) is 23.8 Å². The number of halogens is 3. The minimum Gasteiger partial charge on any atom is -0.465 e. The van der Waals surface area contributed by atoms with Crippen molar-refractivity contribution in [3.63, 3.8) is 0 Å². The fourth-order valence-corrected chi connectivity index (χ4v) is 3.45. The summed E-state index contributed by atoms with van der Waals surface area (Å²) in [7, 11) is 1.27. The molecule has 0 unspecified atom stereocenters. The quantitative estimate of drug-likeness (QED) is 0.651. The third-order valence-electron chi connectivity index (χ3n) is 5.34. The van der Waals surface area contributed by atoms with E-state index in [1.54, 1.807) is 29.2 Å². The van der Waals surface area contributed by atoms with Crippen LogP contribution in [0.3, 0.4) is 0 Å². The van der Waals surface area contributed by atoms with Crippen molar-refractivity contribution in [3.8, 4) is 0 Å². The van der Waals surface area contributed by atoms with Crippen molar-refractivity contribution in [2.45, 2.75) is 19.6 Å². The monoisotopic (exact) mass is 450 g/mol. The van der Waals surface area contributed by atoms with Crippen LogP contribution >= 0.6 is 0 Å². The number of urea groups is 1. The minimum atomic E-state index is -4.63. The molecule has 0 aliphatic carbocycles. The molecule has 1 saturated heterocycles. The molecule has 7 nitrogen and oxygen atoms in total. The van der Waals surface area contributed by atoms with Gasteiger partial charge >= 0.3 is 18.2 Å². The molecule has 10 heteroatoms. The van der Waals surface area contributed by atoms with E-state index in [4.69, 9.17) is 0 Å². The number of hydrogen-bond donors (Lipinski definition) is 0. The van der Waals surface area contributed by atoms with Gasteiger partial charge in [0.05, 0.1) is 19.2 Å². The molecule has 0 N–H and O–H groups in total. The SMILES string of the molecule is CCN1CCN(C(=O)N(Cc2ccc(C(=O)OC)cc2)c2cccc(C(F)(F)F)n2)CC1. The molecule has 0 saturated carbocycles. The third kappa shape index (κ3) is 5.56. The first-order valence-electron chi connectivity index (χ1n) is 10.2. The maximum atomic E-state index is 13.3. The summed E-state index contributed by atoms with van der Waals surface area (Å²) >= 11 is 0. The van der Waals surface area contributed by atoms with Gasteiger partial charge in [0.15, 0.2) is 0 Å².